The van der Waals surface area contributed by atoms with E-state index < -0.39 is 11.8 Å². The van der Waals surface area contributed by atoms with Gasteiger partial charge in [0.15, 0.2) is 5.15 Å². The Labute approximate surface area is 138 Å². The molecule has 2 rings (SSSR count). The summed E-state index contributed by atoms with van der Waals surface area (Å²) in [6.07, 6.45) is 2.73. The number of nitrogens with zero attached hydrogens (tertiary/aromatic N) is 1. The minimum absolute atomic E-state index is 0. The first-order chi connectivity index (χ1) is 7.11. The van der Waals surface area contributed by atoms with E-state index in [-0.39, 0.29) is 62.1 Å². The van der Waals surface area contributed by atoms with E-state index in [0.29, 0.717) is 10.9 Å². The topological polar surface area (TPSA) is 83.0 Å². The van der Waals surface area contributed by atoms with Crippen molar-refractivity contribution in [3.8, 4) is 0 Å². The Morgan fingerprint density at radius 1 is 1.44 bits per heavy atom. The molecule has 7 heteroatoms. The fraction of sp³-hybridized carbons (Fsp3) is 0. The fourth-order valence-corrected chi connectivity index (χ4v) is 1.54. The second kappa shape index (κ2) is 5.39. The number of carboxylic acids is 1. The quantitative estimate of drug-likeness (QED) is 0.364. The number of aliphatic carboxylic acids is 1. The van der Waals surface area contributed by atoms with Gasteiger partial charge in [0.05, 0.1) is 11.1 Å². The third-order valence-corrected chi connectivity index (χ3v) is 2.28. The molecule has 0 atom stereocenters. The normalized spacial score (nSPS) is 9.81. The number of aromatic nitrogens is 2. The van der Waals surface area contributed by atoms with Gasteiger partial charge in [-0.05, 0) is 6.07 Å². The van der Waals surface area contributed by atoms with Crippen LogP contribution in [0.2, 0.25) is 5.15 Å². The number of pyridine rings is 1. The van der Waals surface area contributed by atoms with E-state index in [1.165, 1.54) is 18.5 Å². The molecule has 2 N–H and O–H groups in total. The Morgan fingerprint density at radius 3 is 2.75 bits per heavy atom. The van der Waals surface area contributed by atoms with E-state index in [1.54, 1.807) is 0 Å². The van der Waals surface area contributed by atoms with E-state index in [2.05, 4.69) is 9.97 Å². The maximum atomic E-state index is 11.2. The van der Waals surface area contributed by atoms with Gasteiger partial charge in [-0.25, -0.2) is 9.78 Å². The number of fused-ring (bicyclic) bond motifs is 1. The molecule has 0 aliphatic heterocycles. The molecule has 2 heterocycles. The minimum atomic E-state index is -1.50. The van der Waals surface area contributed by atoms with Crippen molar-refractivity contribution in [2.24, 2.45) is 0 Å². The number of carbonyl (C=O) groups is 2. The van der Waals surface area contributed by atoms with Gasteiger partial charge in [-0.2, -0.15) is 0 Å². The molecule has 0 aliphatic carbocycles. The zero-order valence-corrected chi connectivity index (χ0v) is 8.08. The molecule has 0 bridgehead atoms. The van der Waals surface area contributed by atoms with E-state index in [1.807, 2.05) is 0 Å². The third kappa shape index (κ3) is 2.37. The first-order valence-electron chi connectivity index (χ1n) is 4.00. The number of hydrogen-bond acceptors (Lipinski definition) is 3. The molecule has 0 unspecified atom stereocenters. The average molecular weight is 265 g/mol. The van der Waals surface area contributed by atoms with Crippen LogP contribution in [0.25, 0.3) is 10.9 Å². The Bertz CT molecular complexity index is 567. The first kappa shape index (κ1) is 13.8. The SMILES string of the molecule is O=C(O)C(=O)c1c[nH]c2c(Cl)nccc12.[KH]. The summed E-state index contributed by atoms with van der Waals surface area (Å²) in [4.78, 5) is 28.3. The van der Waals surface area contributed by atoms with Crippen molar-refractivity contribution in [1.82, 2.24) is 9.97 Å². The molecule has 0 aliphatic rings. The predicted octanol–water partition coefficient (Wildman–Crippen LogP) is 0.835. The van der Waals surface area contributed by atoms with Gasteiger partial charge >= 0.3 is 57.4 Å². The monoisotopic (exact) mass is 264 g/mol. The first-order valence-corrected chi connectivity index (χ1v) is 4.38. The summed E-state index contributed by atoms with van der Waals surface area (Å²) in [5.41, 5.74) is 0.547. The van der Waals surface area contributed by atoms with Gasteiger partial charge in [-0.15, -0.1) is 0 Å². The summed E-state index contributed by atoms with van der Waals surface area (Å²) in [5, 5.41) is 9.24. The van der Waals surface area contributed by atoms with Gasteiger partial charge in [-0.3, -0.25) is 4.79 Å². The Morgan fingerprint density at radius 2 is 2.12 bits per heavy atom. The van der Waals surface area contributed by atoms with Crippen molar-refractivity contribution >= 4 is 85.6 Å². The number of carbonyl (C=O) groups excluding carboxylic acids is 1. The molecule has 0 saturated heterocycles. The Kier molecular flexibility index (Phi) is 4.66. The number of halogens is 1. The molecule has 2 aromatic heterocycles. The standard InChI is InChI=1S/C9H5ClN2O3.K.H/c10-8-6-4(1-2-11-8)5(3-12-6)7(13)9(14)15;;/h1-3,12H,(H,14,15);;. The molecule has 0 radical (unpaired) electrons. The number of nitrogens with one attached hydrogen (secondary N) is 1. The summed E-state index contributed by atoms with van der Waals surface area (Å²) < 4.78 is 0. The van der Waals surface area contributed by atoms with Crippen molar-refractivity contribution in [1.29, 1.82) is 0 Å². The van der Waals surface area contributed by atoms with Crippen molar-refractivity contribution < 1.29 is 14.7 Å². The molecular formula is C9H6ClKN2O3. The molecule has 0 amide bonds. The van der Waals surface area contributed by atoms with Crippen LogP contribution in [0.15, 0.2) is 18.5 Å². The van der Waals surface area contributed by atoms with Crippen LogP contribution >= 0.6 is 11.6 Å². The predicted molar refractivity (Wildman–Crippen MR) is 60.2 cm³/mol. The second-order valence-corrected chi connectivity index (χ2v) is 3.22. The van der Waals surface area contributed by atoms with Crippen LogP contribution in [0.3, 0.4) is 0 Å². The molecular weight excluding hydrogens is 259 g/mol. The van der Waals surface area contributed by atoms with Crippen molar-refractivity contribution in [3.63, 3.8) is 0 Å². The molecule has 16 heavy (non-hydrogen) atoms. The molecule has 0 fully saturated rings. The van der Waals surface area contributed by atoms with Crippen LogP contribution in [-0.2, 0) is 4.79 Å². The van der Waals surface area contributed by atoms with Crippen molar-refractivity contribution in [2.45, 2.75) is 0 Å². The molecule has 5 nitrogen and oxygen atoms in total. The van der Waals surface area contributed by atoms with Crippen LogP contribution in [0.5, 0.6) is 0 Å². The van der Waals surface area contributed by atoms with Crippen LogP contribution in [0, 0.1) is 0 Å². The van der Waals surface area contributed by atoms with E-state index in [0.717, 1.165) is 0 Å². The number of carboxylic acid groups (broad SMARTS) is 1. The van der Waals surface area contributed by atoms with Gasteiger partial charge in [0.2, 0.25) is 0 Å². The van der Waals surface area contributed by atoms with Crippen LogP contribution in [0.1, 0.15) is 10.4 Å². The number of Topliss-reactive ketones (excluding diaryl/α,β-unsaturated/α-hetero) is 1. The summed E-state index contributed by atoms with van der Waals surface area (Å²) >= 11 is 5.75. The summed E-state index contributed by atoms with van der Waals surface area (Å²) in [6.45, 7) is 0. The number of rotatable bonds is 2. The van der Waals surface area contributed by atoms with E-state index in [4.69, 9.17) is 16.7 Å². The zero-order chi connectivity index (χ0) is 11.0. The molecule has 78 valence electrons. The fourth-order valence-electron chi connectivity index (χ4n) is 1.32. The van der Waals surface area contributed by atoms with Gasteiger partial charge in [0.25, 0.3) is 5.78 Å². The summed E-state index contributed by atoms with van der Waals surface area (Å²) in [5.74, 6) is -2.47. The van der Waals surface area contributed by atoms with Crippen LogP contribution in [-0.4, -0.2) is 78.2 Å². The number of aromatic amines is 1. The average Bonchev–Trinajstić information content (AvgIpc) is 2.61. The maximum absolute atomic E-state index is 11.2. The third-order valence-electron chi connectivity index (χ3n) is 1.99. The van der Waals surface area contributed by atoms with Crippen molar-refractivity contribution in [3.05, 3.63) is 29.2 Å². The zero-order valence-electron chi connectivity index (χ0n) is 7.32. The van der Waals surface area contributed by atoms with E-state index in [9.17, 15) is 9.59 Å². The number of hydrogen-bond donors (Lipinski definition) is 2. The van der Waals surface area contributed by atoms with Gasteiger partial charge in [-0.1, -0.05) is 11.6 Å². The summed E-state index contributed by atoms with van der Waals surface area (Å²) in [6, 6.07) is 1.54. The number of ketones is 1. The second-order valence-electron chi connectivity index (χ2n) is 2.86. The van der Waals surface area contributed by atoms with Gasteiger partial charge in [0.1, 0.15) is 0 Å². The Balaban J connectivity index is 0.00000128. The van der Waals surface area contributed by atoms with Gasteiger partial charge in [0, 0.05) is 17.8 Å². The van der Waals surface area contributed by atoms with E-state index >= 15 is 0 Å². The molecule has 0 aromatic carbocycles. The van der Waals surface area contributed by atoms with Crippen LogP contribution in [0.4, 0.5) is 0 Å². The van der Waals surface area contributed by atoms with Crippen molar-refractivity contribution in [2.75, 3.05) is 0 Å². The summed E-state index contributed by atoms with van der Waals surface area (Å²) in [7, 11) is 0. The molecule has 2 aromatic rings. The van der Waals surface area contributed by atoms with Crippen LogP contribution < -0.4 is 0 Å². The molecule has 0 spiro atoms. The van der Waals surface area contributed by atoms with Gasteiger partial charge < -0.3 is 10.1 Å². The number of H-pyrrole nitrogens is 1. The Hall–Kier alpha value is -0.244. The molecule has 0 saturated carbocycles.